The number of benzene rings is 2. The van der Waals surface area contributed by atoms with Gasteiger partial charge in [0.2, 0.25) is 5.91 Å². The molecule has 0 saturated carbocycles. The molecule has 6 nitrogen and oxygen atoms in total. The molecule has 27 heavy (non-hydrogen) atoms. The smallest absolute Gasteiger partial charge is 0.277 e. The summed E-state index contributed by atoms with van der Waals surface area (Å²) >= 11 is 13.1. The number of hydrogen-bond donors (Lipinski definition) is 1. The van der Waals surface area contributed by atoms with Crippen molar-refractivity contribution < 1.29 is 13.9 Å². The van der Waals surface area contributed by atoms with Crippen LogP contribution in [0.5, 0.6) is 5.75 Å². The van der Waals surface area contributed by atoms with Gasteiger partial charge >= 0.3 is 0 Å². The van der Waals surface area contributed by atoms with Crippen molar-refractivity contribution in [2.45, 2.75) is 12.1 Å². The van der Waals surface area contributed by atoms with E-state index in [-0.39, 0.29) is 16.9 Å². The number of amides is 1. The highest BCUT2D eigenvalue weighted by atomic mass is 35.5. The van der Waals surface area contributed by atoms with Gasteiger partial charge in [0.1, 0.15) is 5.75 Å². The number of nitrogens with one attached hydrogen (secondary N) is 1. The highest BCUT2D eigenvalue weighted by molar-refractivity contribution is 7.99. The van der Waals surface area contributed by atoms with Crippen LogP contribution in [0.4, 0.5) is 5.69 Å². The van der Waals surface area contributed by atoms with Crippen molar-refractivity contribution in [3.8, 4) is 17.2 Å². The van der Waals surface area contributed by atoms with E-state index in [0.29, 0.717) is 39.5 Å². The van der Waals surface area contributed by atoms with Gasteiger partial charge in [0, 0.05) is 0 Å². The Kier molecular flexibility index (Phi) is 6.60. The first-order chi connectivity index (χ1) is 13.1. The summed E-state index contributed by atoms with van der Waals surface area (Å²) in [5, 5.41) is 11.6. The third-order valence-corrected chi connectivity index (χ3v) is 5.01. The number of nitrogens with zero attached hydrogens (tertiary/aromatic N) is 2. The van der Waals surface area contributed by atoms with E-state index in [2.05, 4.69) is 15.5 Å². The van der Waals surface area contributed by atoms with Crippen LogP contribution in [-0.4, -0.2) is 28.5 Å². The number of para-hydroxylation sites is 1. The number of carbonyl (C=O) groups is 1. The molecular weight excluding hydrogens is 409 g/mol. The zero-order valence-corrected chi connectivity index (χ0v) is 16.6. The Morgan fingerprint density at radius 3 is 2.81 bits per heavy atom. The van der Waals surface area contributed by atoms with Crippen LogP contribution in [0.25, 0.3) is 11.5 Å². The van der Waals surface area contributed by atoms with Crippen molar-refractivity contribution in [3.63, 3.8) is 0 Å². The highest BCUT2D eigenvalue weighted by Gasteiger charge is 2.15. The molecule has 9 heteroatoms. The zero-order chi connectivity index (χ0) is 19.2. The first-order valence-corrected chi connectivity index (χ1v) is 9.75. The molecule has 0 aliphatic heterocycles. The lowest BCUT2D eigenvalue weighted by molar-refractivity contribution is -0.113. The van der Waals surface area contributed by atoms with Gasteiger partial charge in [-0.1, -0.05) is 53.2 Å². The van der Waals surface area contributed by atoms with E-state index in [1.54, 1.807) is 18.2 Å². The normalized spacial score (nSPS) is 10.6. The Bertz CT molecular complexity index is 949. The van der Waals surface area contributed by atoms with Gasteiger partial charge in [0.05, 0.1) is 33.7 Å². The SMILES string of the molecule is CCOc1ccccc1-c1nnc(SCC(=O)Nc2cccc(Cl)c2Cl)o1. The number of thioether (sulfide) groups is 1. The lowest BCUT2D eigenvalue weighted by Gasteiger charge is -2.07. The van der Waals surface area contributed by atoms with Gasteiger partial charge in [-0.25, -0.2) is 0 Å². The Hall–Kier alpha value is -2.22. The predicted octanol–water partition coefficient (Wildman–Crippen LogP) is 5.17. The third kappa shape index (κ3) is 4.94. The van der Waals surface area contributed by atoms with E-state index >= 15 is 0 Å². The molecular formula is C18H15Cl2N3O3S. The summed E-state index contributed by atoms with van der Waals surface area (Å²) in [6.45, 7) is 2.43. The molecule has 0 unspecified atom stereocenters. The van der Waals surface area contributed by atoms with Crippen LogP contribution in [-0.2, 0) is 4.79 Å². The highest BCUT2D eigenvalue weighted by Crippen LogP contribution is 2.31. The fraction of sp³-hybridized carbons (Fsp3) is 0.167. The molecule has 0 spiro atoms. The molecule has 0 atom stereocenters. The van der Waals surface area contributed by atoms with Crippen molar-refractivity contribution >= 4 is 46.6 Å². The van der Waals surface area contributed by atoms with Gasteiger partial charge < -0.3 is 14.5 Å². The second-order valence-corrected chi connectivity index (χ2v) is 6.95. The fourth-order valence-corrected chi connectivity index (χ4v) is 3.13. The number of ether oxygens (including phenoxy) is 1. The minimum Gasteiger partial charge on any atom is -0.493 e. The summed E-state index contributed by atoms with van der Waals surface area (Å²) in [7, 11) is 0. The standard InChI is InChI=1S/C18H15Cl2N3O3S/c1-2-25-14-9-4-3-6-11(14)17-22-23-18(26-17)27-10-15(24)21-13-8-5-7-12(19)16(13)20/h3-9H,2,10H2,1H3,(H,21,24). The maximum absolute atomic E-state index is 12.1. The van der Waals surface area contributed by atoms with Gasteiger partial charge in [-0.05, 0) is 31.2 Å². The third-order valence-electron chi connectivity index (χ3n) is 3.38. The molecule has 2 aromatic carbocycles. The Balaban J connectivity index is 1.63. The number of aromatic nitrogens is 2. The summed E-state index contributed by atoms with van der Waals surface area (Å²) in [6.07, 6.45) is 0. The summed E-state index contributed by atoms with van der Waals surface area (Å²) in [6, 6.07) is 12.4. The Labute approximate surface area is 170 Å². The maximum Gasteiger partial charge on any atom is 0.277 e. The molecule has 0 radical (unpaired) electrons. The monoisotopic (exact) mass is 423 g/mol. The van der Waals surface area contributed by atoms with Gasteiger partial charge in [0.15, 0.2) is 0 Å². The molecule has 1 heterocycles. The Morgan fingerprint density at radius 2 is 2.00 bits per heavy atom. The molecule has 0 saturated heterocycles. The van der Waals surface area contributed by atoms with Crippen LogP contribution in [0, 0.1) is 0 Å². The molecule has 1 amide bonds. The number of hydrogen-bond acceptors (Lipinski definition) is 6. The second kappa shape index (κ2) is 9.12. The van der Waals surface area contributed by atoms with Crippen molar-refractivity contribution in [2.24, 2.45) is 0 Å². The van der Waals surface area contributed by atoms with Crippen LogP contribution in [0.2, 0.25) is 10.0 Å². The van der Waals surface area contributed by atoms with E-state index < -0.39 is 0 Å². The number of halogens is 2. The van der Waals surface area contributed by atoms with Crippen LogP contribution in [0.15, 0.2) is 52.1 Å². The molecule has 3 aromatic rings. The molecule has 0 fully saturated rings. The quantitative estimate of drug-likeness (QED) is 0.527. The van der Waals surface area contributed by atoms with E-state index in [4.69, 9.17) is 32.4 Å². The molecule has 1 aromatic heterocycles. The van der Waals surface area contributed by atoms with Crippen molar-refractivity contribution in [3.05, 3.63) is 52.5 Å². The maximum atomic E-state index is 12.1. The molecule has 3 rings (SSSR count). The number of anilines is 1. The summed E-state index contributed by atoms with van der Waals surface area (Å²) in [4.78, 5) is 12.1. The zero-order valence-electron chi connectivity index (χ0n) is 14.2. The first-order valence-electron chi connectivity index (χ1n) is 8.01. The van der Waals surface area contributed by atoms with Crippen molar-refractivity contribution in [2.75, 3.05) is 17.7 Å². The van der Waals surface area contributed by atoms with E-state index in [0.717, 1.165) is 11.8 Å². The summed E-state index contributed by atoms with van der Waals surface area (Å²) < 4.78 is 11.2. The molecule has 0 aliphatic rings. The van der Waals surface area contributed by atoms with Crippen molar-refractivity contribution in [1.82, 2.24) is 10.2 Å². The van der Waals surface area contributed by atoms with Crippen molar-refractivity contribution in [1.29, 1.82) is 0 Å². The summed E-state index contributed by atoms with van der Waals surface area (Å²) in [5.74, 6) is 0.810. The number of rotatable bonds is 7. The minimum absolute atomic E-state index is 0.0809. The molecule has 1 N–H and O–H groups in total. The fourth-order valence-electron chi connectivity index (χ4n) is 2.22. The van der Waals surface area contributed by atoms with Gasteiger partial charge in [-0.15, -0.1) is 10.2 Å². The van der Waals surface area contributed by atoms with Gasteiger partial charge in [-0.2, -0.15) is 0 Å². The molecule has 140 valence electrons. The van der Waals surface area contributed by atoms with E-state index in [1.165, 1.54) is 0 Å². The summed E-state index contributed by atoms with van der Waals surface area (Å²) in [5.41, 5.74) is 1.15. The first kappa shape index (κ1) is 19.5. The second-order valence-electron chi connectivity index (χ2n) is 5.24. The Morgan fingerprint density at radius 1 is 1.19 bits per heavy atom. The average molecular weight is 424 g/mol. The van der Waals surface area contributed by atoms with Crippen LogP contribution < -0.4 is 10.1 Å². The average Bonchev–Trinajstić information content (AvgIpc) is 3.13. The van der Waals surface area contributed by atoms with Gasteiger partial charge in [-0.3, -0.25) is 4.79 Å². The van der Waals surface area contributed by atoms with Crippen LogP contribution in [0.3, 0.4) is 0 Å². The largest absolute Gasteiger partial charge is 0.493 e. The topological polar surface area (TPSA) is 77.2 Å². The molecule has 0 bridgehead atoms. The van der Waals surface area contributed by atoms with E-state index in [1.807, 2.05) is 31.2 Å². The predicted molar refractivity (Wildman–Crippen MR) is 107 cm³/mol. The lowest BCUT2D eigenvalue weighted by atomic mass is 10.2. The van der Waals surface area contributed by atoms with Gasteiger partial charge in [0.25, 0.3) is 11.1 Å². The minimum atomic E-state index is -0.265. The number of carbonyl (C=O) groups excluding carboxylic acids is 1. The van der Waals surface area contributed by atoms with Crippen LogP contribution in [0.1, 0.15) is 6.92 Å². The molecule has 0 aliphatic carbocycles. The van der Waals surface area contributed by atoms with Crippen LogP contribution >= 0.6 is 35.0 Å². The lowest BCUT2D eigenvalue weighted by Crippen LogP contribution is -2.14. The van der Waals surface area contributed by atoms with E-state index in [9.17, 15) is 4.79 Å².